The maximum absolute atomic E-state index is 13.0. The summed E-state index contributed by atoms with van der Waals surface area (Å²) in [6, 6.07) is 11.9. The summed E-state index contributed by atoms with van der Waals surface area (Å²) in [7, 11) is 0. The Hall–Kier alpha value is -3.50. The molecule has 1 atom stereocenters. The van der Waals surface area contributed by atoms with E-state index >= 15 is 0 Å². The zero-order chi connectivity index (χ0) is 26.6. The van der Waals surface area contributed by atoms with Crippen molar-refractivity contribution in [3.63, 3.8) is 0 Å². The van der Waals surface area contributed by atoms with Gasteiger partial charge in [0.15, 0.2) is 0 Å². The van der Waals surface area contributed by atoms with Crippen molar-refractivity contribution in [3.05, 3.63) is 65.0 Å². The summed E-state index contributed by atoms with van der Waals surface area (Å²) in [5, 5.41) is 10.7. The van der Waals surface area contributed by atoms with Gasteiger partial charge in [0.1, 0.15) is 0 Å². The second-order valence-corrected chi connectivity index (χ2v) is 10.4. The molecule has 0 bridgehead atoms. The highest BCUT2D eigenvalue weighted by atomic mass is 16.3. The summed E-state index contributed by atoms with van der Waals surface area (Å²) in [5.41, 5.74) is 3.90. The Balaban J connectivity index is 1.08. The largest absolute Gasteiger partial charge is 0.390 e. The van der Waals surface area contributed by atoms with Crippen molar-refractivity contribution in [2.75, 3.05) is 58.9 Å². The first kappa shape index (κ1) is 26.1. The highest BCUT2D eigenvalue weighted by Gasteiger charge is 2.31. The van der Waals surface area contributed by atoms with Crippen LogP contribution in [0, 0.1) is 0 Å². The van der Waals surface area contributed by atoms with Crippen molar-refractivity contribution in [1.82, 2.24) is 29.5 Å². The normalized spacial score (nSPS) is 19.1. The van der Waals surface area contributed by atoms with E-state index in [0.717, 1.165) is 19.5 Å². The number of hydrogen-bond donors (Lipinski definition) is 1. The molecule has 1 aromatic heterocycles. The number of benzene rings is 1. The second-order valence-electron chi connectivity index (χ2n) is 10.4. The van der Waals surface area contributed by atoms with Crippen LogP contribution in [0.4, 0.5) is 4.79 Å². The van der Waals surface area contributed by atoms with Gasteiger partial charge in [-0.15, -0.1) is 0 Å². The number of urea groups is 1. The number of amides is 4. The topological polar surface area (TPSA) is 101 Å². The lowest BCUT2D eigenvalue weighted by Crippen LogP contribution is -2.50. The number of fused-ring (bicyclic) bond motifs is 1. The first-order valence-electron chi connectivity index (χ1n) is 13.4. The Kier molecular flexibility index (Phi) is 7.90. The molecule has 10 nitrogen and oxygen atoms in total. The second kappa shape index (κ2) is 11.5. The molecule has 2 aromatic rings. The summed E-state index contributed by atoms with van der Waals surface area (Å²) in [6.45, 7) is 7.74. The van der Waals surface area contributed by atoms with Gasteiger partial charge in [0, 0.05) is 78.6 Å². The average Bonchev–Trinajstić information content (AvgIpc) is 3.26. The Morgan fingerprint density at radius 2 is 1.61 bits per heavy atom. The van der Waals surface area contributed by atoms with Gasteiger partial charge in [0.25, 0.3) is 5.91 Å². The summed E-state index contributed by atoms with van der Waals surface area (Å²) in [4.78, 5) is 50.9. The van der Waals surface area contributed by atoms with Crippen molar-refractivity contribution in [2.45, 2.75) is 32.5 Å². The van der Waals surface area contributed by atoms with E-state index < -0.39 is 6.10 Å². The first-order valence-corrected chi connectivity index (χ1v) is 13.4. The van der Waals surface area contributed by atoms with Crippen LogP contribution in [-0.4, -0.2) is 117 Å². The quantitative estimate of drug-likeness (QED) is 0.586. The monoisotopic (exact) mass is 520 g/mol. The molecule has 5 rings (SSSR count). The van der Waals surface area contributed by atoms with E-state index in [-0.39, 0.29) is 17.8 Å². The number of piperazine rings is 1. The minimum absolute atomic E-state index is 0.0285. The molecule has 3 aliphatic rings. The zero-order valence-electron chi connectivity index (χ0n) is 22.0. The summed E-state index contributed by atoms with van der Waals surface area (Å²) >= 11 is 0. The lowest BCUT2D eigenvalue weighted by molar-refractivity contribution is -0.130. The molecule has 0 unspecified atom stereocenters. The fourth-order valence-electron chi connectivity index (χ4n) is 5.52. The molecule has 2 saturated heterocycles. The van der Waals surface area contributed by atoms with Gasteiger partial charge in [-0.3, -0.25) is 19.5 Å². The molecule has 10 heteroatoms. The van der Waals surface area contributed by atoms with Crippen molar-refractivity contribution >= 4 is 17.8 Å². The first-order chi connectivity index (χ1) is 18.4. The molecular weight excluding hydrogens is 484 g/mol. The Labute approximate surface area is 223 Å². The van der Waals surface area contributed by atoms with Crippen molar-refractivity contribution in [3.8, 4) is 0 Å². The van der Waals surface area contributed by atoms with Gasteiger partial charge < -0.3 is 24.7 Å². The number of nitrogens with zero attached hydrogens (tertiary/aromatic N) is 6. The number of aliphatic hydroxyl groups is 1. The van der Waals surface area contributed by atoms with Crippen molar-refractivity contribution in [1.29, 1.82) is 0 Å². The molecule has 0 spiro atoms. The number of β-amino-alcohol motifs (C(OH)–C–C–N with tert-alkyl or cyclic N) is 1. The molecule has 2 fully saturated rings. The van der Waals surface area contributed by atoms with E-state index in [0.29, 0.717) is 70.2 Å². The minimum Gasteiger partial charge on any atom is -0.390 e. The third kappa shape index (κ3) is 5.97. The molecule has 1 N–H and O–H groups in total. The van der Waals surface area contributed by atoms with Crippen LogP contribution in [0.3, 0.4) is 0 Å². The van der Waals surface area contributed by atoms with Crippen LogP contribution in [0.5, 0.6) is 0 Å². The Morgan fingerprint density at radius 1 is 0.895 bits per heavy atom. The molecule has 0 aliphatic carbocycles. The standard InChI is InChI=1S/C28H36N6O4/c1-21(35)31-10-12-32(13-11-31)27(37)23-6-7-25(29-16-23)18-33-14-15-34(28(33)38)20-26(36)19-30-9-8-22-4-2-3-5-24(22)17-30/h2-7,16,26,36H,8-15,17-20H2,1H3/t26-/m1/s1. The number of aromatic nitrogens is 1. The third-order valence-corrected chi connectivity index (χ3v) is 7.73. The van der Waals surface area contributed by atoms with Gasteiger partial charge in [-0.05, 0) is 29.7 Å². The van der Waals surface area contributed by atoms with Crippen LogP contribution in [0.15, 0.2) is 42.6 Å². The average molecular weight is 521 g/mol. The van der Waals surface area contributed by atoms with Gasteiger partial charge in [0.2, 0.25) is 5.91 Å². The maximum Gasteiger partial charge on any atom is 0.320 e. The number of aliphatic hydroxyl groups excluding tert-OH is 1. The van der Waals surface area contributed by atoms with E-state index in [1.165, 1.54) is 11.1 Å². The number of carbonyl (C=O) groups excluding carboxylic acids is 3. The Bertz CT molecular complexity index is 1160. The van der Waals surface area contributed by atoms with Crippen LogP contribution in [0.1, 0.15) is 34.1 Å². The highest BCUT2D eigenvalue weighted by Crippen LogP contribution is 2.19. The maximum atomic E-state index is 13.0. The Morgan fingerprint density at radius 3 is 2.32 bits per heavy atom. The van der Waals surface area contributed by atoms with Crippen molar-refractivity contribution < 1.29 is 19.5 Å². The molecule has 3 aliphatic heterocycles. The lowest BCUT2D eigenvalue weighted by atomic mass is 10.00. The smallest absolute Gasteiger partial charge is 0.320 e. The number of rotatable bonds is 7. The van der Waals surface area contributed by atoms with Gasteiger partial charge in [-0.1, -0.05) is 24.3 Å². The van der Waals surface area contributed by atoms with E-state index in [1.807, 2.05) is 0 Å². The molecule has 0 saturated carbocycles. The fraction of sp³-hybridized carbons (Fsp3) is 0.500. The minimum atomic E-state index is -0.607. The van der Waals surface area contributed by atoms with Crippen LogP contribution >= 0.6 is 0 Å². The van der Waals surface area contributed by atoms with E-state index in [1.54, 1.807) is 44.9 Å². The number of hydrogen-bond acceptors (Lipinski definition) is 6. The van der Waals surface area contributed by atoms with Gasteiger partial charge in [-0.2, -0.15) is 0 Å². The molecular formula is C28H36N6O4. The molecule has 38 heavy (non-hydrogen) atoms. The summed E-state index contributed by atoms with van der Waals surface area (Å²) in [5.74, 6) is -0.0670. The van der Waals surface area contributed by atoms with Gasteiger partial charge in [-0.25, -0.2) is 4.79 Å². The molecule has 202 valence electrons. The van der Waals surface area contributed by atoms with Crippen LogP contribution in [0.25, 0.3) is 0 Å². The van der Waals surface area contributed by atoms with Gasteiger partial charge >= 0.3 is 6.03 Å². The third-order valence-electron chi connectivity index (χ3n) is 7.73. The number of pyridine rings is 1. The summed E-state index contributed by atoms with van der Waals surface area (Å²) < 4.78 is 0. The molecule has 4 heterocycles. The molecule has 1 aromatic carbocycles. The van der Waals surface area contributed by atoms with Crippen LogP contribution in [-0.2, 0) is 24.3 Å². The van der Waals surface area contributed by atoms with E-state index in [4.69, 9.17) is 0 Å². The lowest BCUT2D eigenvalue weighted by Gasteiger charge is -2.34. The highest BCUT2D eigenvalue weighted by molar-refractivity contribution is 5.94. The van der Waals surface area contributed by atoms with E-state index in [2.05, 4.69) is 34.1 Å². The molecule has 4 amide bonds. The summed E-state index contributed by atoms with van der Waals surface area (Å²) in [6.07, 6.45) is 1.94. The zero-order valence-corrected chi connectivity index (χ0v) is 22.0. The fourth-order valence-corrected chi connectivity index (χ4v) is 5.52. The SMILES string of the molecule is CC(=O)N1CCN(C(=O)c2ccc(CN3CCN(C[C@H](O)CN4CCc5ccccc5C4)C3=O)nc2)CC1. The van der Waals surface area contributed by atoms with E-state index in [9.17, 15) is 19.5 Å². The van der Waals surface area contributed by atoms with Crippen LogP contribution in [0.2, 0.25) is 0 Å². The van der Waals surface area contributed by atoms with Crippen molar-refractivity contribution in [2.24, 2.45) is 0 Å². The number of carbonyl (C=O) groups is 3. The predicted octanol–water partition coefficient (Wildman–Crippen LogP) is 1.04. The molecule has 0 radical (unpaired) electrons. The van der Waals surface area contributed by atoms with Crippen LogP contribution < -0.4 is 0 Å². The predicted molar refractivity (Wildman–Crippen MR) is 141 cm³/mol. The van der Waals surface area contributed by atoms with Gasteiger partial charge in [0.05, 0.1) is 23.9 Å².